The molecule has 4 rings (SSSR count). The van der Waals surface area contributed by atoms with Gasteiger partial charge < -0.3 is 25.4 Å². The van der Waals surface area contributed by atoms with Gasteiger partial charge >= 0.3 is 0 Å². The molecule has 1 amide bonds. The highest BCUT2D eigenvalue weighted by Gasteiger charge is 2.39. The summed E-state index contributed by atoms with van der Waals surface area (Å²) in [6.07, 6.45) is -2.27. The Morgan fingerprint density at radius 1 is 1.11 bits per heavy atom. The van der Waals surface area contributed by atoms with Crippen LogP contribution in [0.2, 0.25) is 0 Å². The van der Waals surface area contributed by atoms with E-state index in [2.05, 4.69) is 20.3 Å². The van der Waals surface area contributed by atoms with Gasteiger partial charge in [0.2, 0.25) is 0 Å². The van der Waals surface area contributed by atoms with Crippen LogP contribution in [0.5, 0.6) is 0 Å². The van der Waals surface area contributed by atoms with Gasteiger partial charge in [0.15, 0.2) is 23.2 Å². The maximum absolute atomic E-state index is 12.4. The molecule has 0 spiro atoms. The van der Waals surface area contributed by atoms with Crippen molar-refractivity contribution in [3.05, 3.63) is 48.5 Å². The molecule has 10 nitrogen and oxygen atoms in total. The first kappa shape index (κ1) is 17.5. The van der Waals surface area contributed by atoms with Crippen LogP contribution in [-0.2, 0) is 4.74 Å². The summed E-state index contributed by atoms with van der Waals surface area (Å²) in [5, 5.41) is 32.4. The topological polar surface area (TPSA) is 143 Å². The molecule has 3 aromatic rings. The second-order valence-corrected chi connectivity index (χ2v) is 6.14. The number of fused-ring (bicyclic) bond motifs is 1. The minimum Gasteiger partial charge on any atom is -0.388 e. The number of amides is 1. The number of anilines is 1. The molecule has 4 atom stereocenters. The molecule has 0 unspecified atom stereocenters. The summed E-state index contributed by atoms with van der Waals surface area (Å²) in [5.41, 5.74) is 1.08. The summed E-state index contributed by atoms with van der Waals surface area (Å²) >= 11 is 0. The zero-order chi connectivity index (χ0) is 19.0. The summed E-state index contributed by atoms with van der Waals surface area (Å²) in [6, 6.07) is 8.65. The first-order valence-electron chi connectivity index (χ1n) is 8.26. The van der Waals surface area contributed by atoms with Crippen LogP contribution in [0.25, 0.3) is 11.2 Å². The van der Waals surface area contributed by atoms with Crippen LogP contribution in [0.15, 0.2) is 43.0 Å². The molecular formula is C17H17N5O5. The molecule has 3 heterocycles. The summed E-state index contributed by atoms with van der Waals surface area (Å²) in [5.74, 6) is -0.142. The Morgan fingerprint density at radius 3 is 2.67 bits per heavy atom. The molecule has 0 radical (unpaired) electrons. The Kier molecular flexibility index (Phi) is 4.54. The molecular weight excluding hydrogens is 354 g/mol. The maximum Gasteiger partial charge on any atom is 0.256 e. The van der Waals surface area contributed by atoms with Crippen LogP contribution in [0.1, 0.15) is 16.6 Å². The summed E-state index contributed by atoms with van der Waals surface area (Å²) in [7, 11) is 0. The Balaban J connectivity index is 1.65. The lowest BCUT2D eigenvalue weighted by molar-refractivity contribution is -0.210. The first-order valence-corrected chi connectivity index (χ1v) is 8.26. The number of aromatic nitrogens is 4. The Bertz CT molecular complexity index is 963. The second kappa shape index (κ2) is 7.00. The number of rotatable bonds is 3. The van der Waals surface area contributed by atoms with Crippen LogP contribution in [0.4, 0.5) is 5.82 Å². The van der Waals surface area contributed by atoms with E-state index in [1.807, 2.05) is 6.07 Å². The van der Waals surface area contributed by atoms with Crippen molar-refractivity contribution < 1.29 is 24.9 Å². The van der Waals surface area contributed by atoms with E-state index in [9.17, 15) is 20.1 Å². The predicted molar refractivity (Wildman–Crippen MR) is 92.7 cm³/mol. The lowest BCUT2D eigenvalue weighted by Gasteiger charge is -2.35. The van der Waals surface area contributed by atoms with E-state index < -0.39 is 24.5 Å². The number of nitrogens with zero attached hydrogens (tertiary/aromatic N) is 4. The van der Waals surface area contributed by atoms with Gasteiger partial charge in [0.05, 0.1) is 12.9 Å². The monoisotopic (exact) mass is 371 g/mol. The number of carbonyl (C=O) groups is 1. The molecule has 140 valence electrons. The van der Waals surface area contributed by atoms with Gasteiger partial charge in [-0.15, -0.1) is 0 Å². The first-order chi connectivity index (χ1) is 13.1. The van der Waals surface area contributed by atoms with Gasteiger partial charge in [0.25, 0.3) is 5.91 Å². The number of hydrogen-bond donors (Lipinski definition) is 4. The van der Waals surface area contributed by atoms with E-state index in [1.54, 1.807) is 24.3 Å². The molecule has 1 aromatic carbocycles. The third-order valence-corrected chi connectivity index (χ3v) is 4.37. The standard InChI is InChI=1S/C17H17N5O5/c23-10-6-27-17(13(25)12(10)24)22-8-20-11-14(18-7-19-15(11)22)21-16(26)9-4-2-1-3-5-9/h1-5,7-8,10,12-13,17,23-25H,6H2,(H,18,19,21,26)/t10-,12+,13-,17-/m1/s1. The van der Waals surface area contributed by atoms with Crippen molar-refractivity contribution in [3.63, 3.8) is 0 Å². The molecule has 2 aromatic heterocycles. The average Bonchev–Trinajstić information content (AvgIpc) is 3.12. The van der Waals surface area contributed by atoms with Crippen LogP contribution in [0, 0.1) is 0 Å². The van der Waals surface area contributed by atoms with Crippen molar-refractivity contribution in [2.24, 2.45) is 0 Å². The number of imidazole rings is 1. The Hall–Kier alpha value is -2.92. The number of aliphatic hydroxyl groups excluding tert-OH is 3. The fraction of sp³-hybridized carbons (Fsp3) is 0.294. The van der Waals surface area contributed by atoms with Gasteiger partial charge in [-0.3, -0.25) is 9.36 Å². The number of carbonyl (C=O) groups excluding carboxylic acids is 1. The van der Waals surface area contributed by atoms with Crippen LogP contribution in [-0.4, -0.2) is 65.7 Å². The summed E-state index contributed by atoms with van der Waals surface area (Å²) in [6.45, 7) is -0.148. The summed E-state index contributed by atoms with van der Waals surface area (Å²) < 4.78 is 6.86. The lowest BCUT2D eigenvalue weighted by atomic mass is 10.0. The highest BCUT2D eigenvalue weighted by molar-refractivity contribution is 6.06. The average molecular weight is 371 g/mol. The van der Waals surface area contributed by atoms with E-state index >= 15 is 0 Å². The molecule has 0 aliphatic carbocycles. The van der Waals surface area contributed by atoms with Gasteiger partial charge in [-0.25, -0.2) is 15.0 Å². The number of ether oxygens (including phenoxy) is 1. The lowest BCUT2D eigenvalue weighted by Crippen LogP contribution is -2.50. The molecule has 1 saturated heterocycles. The smallest absolute Gasteiger partial charge is 0.256 e. The fourth-order valence-corrected chi connectivity index (χ4v) is 2.93. The second-order valence-electron chi connectivity index (χ2n) is 6.14. The Labute approximate surface area is 153 Å². The molecule has 0 bridgehead atoms. The van der Waals surface area contributed by atoms with E-state index in [4.69, 9.17) is 4.74 Å². The predicted octanol–water partition coefficient (Wildman–Crippen LogP) is -0.310. The minimum absolute atomic E-state index is 0.148. The van der Waals surface area contributed by atoms with E-state index in [1.165, 1.54) is 17.2 Å². The van der Waals surface area contributed by atoms with Crippen molar-refractivity contribution in [2.45, 2.75) is 24.5 Å². The molecule has 27 heavy (non-hydrogen) atoms. The van der Waals surface area contributed by atoms with E-state index in [-0.39, 0.29) is 18.3 Å². The number of benzene rings is 1. The fourth-order valence-electron chi connectivity index (χ4n) is 2.93. The number of hydrogen-bond acceptors (Lipinski definition) is 8. The molecule has 4 N–H and O–H groups in total. The Morgan fingerprint density at radius 2 is 1.89 bits per heavy atom. The van der Waals surface area contributed by atoms with Crippen molar-refractivity contribution in [2.75, 3.05) is 11.9 Å². The van der Waals surface area contributed by atoms with Crippen LogP contribution >= 0.6 is 0 Å². The van der Waals surface area contributed by atoms with Crippen molar-refractivity contribution in [3.8, 4) is 0 Å². The van der Waals surface area contributed by atoms with Gasteiger partial charge in [-0.1, -0.05) is 18.2 Å². The number of nitrogens with one attached hydrogen (secondary N) is 1. The van der Waals surface area contributed by atoms with Gasteiger partial charge in [0.1, 0.15) is 24.6 Å². The third-order valence-electron chi connectivity index (χ3n) is 4.37. The quantitative estimate of drug-likeness (QED) is 0.491. The molecule has 10 heteroatoms. The van der Waals surface area contributed by atoms with Gasteiger partial charge in [-0.2, -0.15) is 0 Å². The number of aliphatic hydroxyl groups is 3. The third kappa shape index (κ3) is 3.15. The zero-order valence-electron chi connectivity index (χ0n) is 14.0. The molecule has 0 saturated carbocycles. The van der Waals surface area contributed by atoms with Crippen LogP contribution in [0.3, 0.4) is 0 Å². The highest BCUT2D eigenvalue weighted by atomic mass is 16.5. The highest BCUT2D eigenvalue weighted by Crippen LogP contribution is 2.28. The van der Waals surface area contributed by atoms with Crippen molar-refractivity contribution in [1.82, 2.24) is 19.5 Å². The normalized spacial score (nSPS) is 25.4. The summed E-state index contributed by atoms with van der Waals surface area (Å²) in [4.78, 5) is 24.8. The van der Waals surface area contributed by atoms with Gasteiger partial charge in [0, 0.05) is 5.56 Å². The maximum atomic E-state index is 12.4. The van der Waals surface area contributed by atoms with E-state index in [0.717, 1.165) is 0 Å². The van der Waals surface area contributed by atoms with Gasteiger partial charge in [-0.05, 0) is 12.1 Å². The molecule has 1 aliphatic heterocycles. The minimum atomic E-state index is -1.37. The van der Waals surface area contributed by atoms with E-state index in [0.29, 0.717) is 16.7 Å². The largest absolute Gasteiger partial charge is 0.388 e. The zero-order valence-corrected chi connectivity index (χ0v) is 14.0. The molecule has 1 fully saturated rings. The molecule has 1 aliphatic rings. The van der Waals surface area contributed by atoms with Crippen molar-refractivity contribution >= 4 is 22.9 Å². The SMILES string of the molecule is O=C(Nc1ncnc2c1ncn2[C@@H]1OC[C@@H](O)[C@H](O)[C@H]1O)c1ccccc1. The van der Waals surface area contributed by atoms with Crippen molar-refractivity contribution in [1.29, 1.82) is 0 Å². The van der Waals surface area contributed by atoms with Crippen LogP contribution < -0.4 is 5.32 Å².